The molecule has 1 aromatic carbocycles. The van der Waals surface area contributed by atoms with Crippen LogP contribution in [0, 0.1) is 12.3 Å². The molecule has 0 aromatic heterocycles. The molecule has 0 bridgehead atoms. The van der Waals surface area contributed by atoms with Gasteiger partial charge in [-0.25, -0.2) is 0 Å². The summed E-state index contributed by atoms with van der Waals surface area (Å²) in [5.74, 6) is 2.28. The summed E-state index contributed by atoms with van der Waals surface area (Å²) in [6.45, 7) is 2.86. The number of nitrogens with zero attached hydrogens (tertiary/aromatic N) is 1. The van der Waals surface area contributed by atoms with Crippen LogP contribution in [0.5, 0.6) is 0 Å². The molecule has 0 spiro atoms. The zero-order chi connectivity index (χ0) is 12.8. The summed E-state index contributed by atoms with van der Waals surface area (Å²) in [6.07, 6.45) is 6.08. The van der Waals surface area contributed by atoms with E-state index in [1.807, 2.05) is 6.92 Å². The maximum Gasteiger partial charge on any atom is 0.256 e. The second-order valence-corrected chi connectivity index (χ2v) is 4.32. The minimum Gasteiger partial charge on any atom is -0.327 e. The molecular formula is C13H13Cl2NO. The number of terminal acetylenes is 1. The van der Waals surface area contributed by atoms with E-state index in [-0.39, 0.29) is 17.5 Å². The molecule has 0 saturated heterocycles. The Balaban J connectivity index is 3.01. The van der Waals surface area contributed by atoms with Gasteiger partial charge in [-0.05, 0) is 18.6 Å². The van der Waals surface area contributed by atoms with Gasteiger partial charge in [0.1, 0.15) is 0 Å². The van der Waals surface area contributed by atoms with Gasteiger partial charge in [-0.15, -0.1) is 6.42 Å². The van der Waals surface area contributed by atoms with Crippen LogP contribution in [0.25, 0.3) is 0 Å². The highest BCUT2D eigenvalue weighted by atomic mass is 35.5. The Bertz CT molecular complexity index is 451. The largest absolute Gasteiger partial charge is 0.327 e. The molecule has 0 aliphatic heterocycles. The highest BCUT2D eigenvalue weighted by Crippen LogP contribution is 2.26. The second kappa shape index (κ2) is 6.54. The molecule has 0 atom stereocenters. The van der Waals surface area contributed by atoms with E-state index in [9.17, 15) is 4.79 Å². The molecule has 1 aromatic rings. The molecule has 0 aliphatic rings. The smallest absolute Gasteiger partial charge is 0.256 e. The lowest BCUT2D eigenvalue weighted by atomic mass is 10.2. The molecule has 0 heterocycles. The quantitative estimate of drug-likeness (QED) is 0.767. The normalized spacial score (nSPS) is 9.76. The van der Waals surface area contributed by atoms with Gasteiger partial charge in [-0.1, -0.05) is 42.1 Å². The lowest BCUT2D eigenvalue weighted by Gasteiger charge is -2.20. The molecule has 0 fully saturated rings. The van der Waals surface area contributed by atoms with Gasteiger partial charge in [-0.3, -0.25) is 4.79 Å². The van der Waals surface area contributed by atoms with Crippen molar-refractivity contribution in [3.8, 4) is 12.3 Å². The van der Waals surface area contributed by atoms with Crippen molar-refractivity contribution in [3.05, 3.63) is 33.8 Å². The van der Waals surface area contributed by atoms with Crippen molar-refractivity contribution in [1.29, 1.82) is 0 Å². The zero-order valence-electron chi connectivity index (χ0n) is 9.54. The first-order chi connectivity index (χ1) is 8.11. The third-order valence-electron chi connectivity index (χ3n) is 2.24. The number of hydrogen-bond donors (Lipinski definition) is 0. The average molecular weight is 270 g/mol. The van der Waals surface area contributed by atoms with Crippen molar-refractivity contribution in [2.45, 2.75) is 13.3 Å². The van der Waals surface area contributed by atoms with Crippen LogP contribution in [-0.4, -0.2) is 23.9 Å². The van der Waals surface area contributed by atoms with Crippen molar-refractivity contribution in [3.63, 3.8) is 0 Å². The average Bonchev–Trinajstić information content (AvgIpc) is 2.31. The van der Waals surface area contributed by atoms with Crippen LogP contribution in [0.4, 0.5) is 0 Å². The van der Waals surface area contributed by atoms with Gasteiger partial charge < -0.3 is 4.90 Å². The molecule has 2 nitrogen and oxygen atoms in total. The zero-order valence-corrected chi connectivity index (χ0v) is 11.1. The summed E-state index contributed by atoms with van der Waals surface area (Å²) in [7, 11) is 0. The molecule has 90 valence electrons. The Morgan fingerprint density at radius 2 is 2.18 bits per heavy atom. The van der Waals surface area contributed by atoms with E-state index in [4.69, 9.17) is 29.6 Å². The van der Waals surface area contributed by atoms with Gasteiger partial charge in [0.05, 0.1) is 22.2 Å². The Labute approximate surface area is 112 Å². The third kappa shape index (κ3) is 3.39. The van der Waals surface area contributed by atoms with E-state index in [1.54, 1.807) is 23.1 Å². The number of benzene rings is 1. The first kappa shape index (κ1) is 13.9. The van der Waals surface area contributed by atoms with Crippen molar-refractivity contribution < 1.29 is 4.79 Å². The lowest BCUT2D eigenvalue weighted by Crippen LogP contribution is -2.32. The molecule has 17 heavy (non-hydrogen) atoms. The topological polar surface area (TPSA) is 20.3 Å². The third-order valence-corrected chi connectivity index (χ3v) is 3.06. The number of halogens is 2. The molecule has 0 aliphatic carbocycles. The predicted octanol–water partition coefficient (Wildman–Crippen LogP) is 3.48. The Hall–Kier alpha value is -1.17. The SMILES string of the molecule is C#CCN(CCC)C(=O)c1cccc(Cl)c1Cl. The molecular weight excluding hydrogens is 257 g/mol. The van der Waals surface area contributed by atoms with Crippen LogP contribution in [0.15, 0.2) is 18.2 Å². The van der Waals surface area contributed by atoms with E-state index in [2.05, 4.69) is 5.92 Å². The van der Waals surface area contributed by atoms with Gasteiger partial charge in [-0.2, -0.15) is 0 Å². The summed E-state index contributed by atoms with van der Waals surface area (Å²) < 4.78 is 0. The van der Waals surface area contributed by atoms with Gasteiger partial charge >= 0.3 is 0 Å². The first-order valence-electron chi connectivity index (χ1n) is 5.28. The standard InChI is InChI=1S/C13H13Cl2NO/c1-3-8-16(9-4-2)13(17)10-6-5-7-11(14)12(10)15/h1,5-7H,4,8-9H2,2H3. The summed E-state index contributed by atoms with van der Waals surface area (Å²) in [6, 6.07) is 4.99. The highest BCUT2D eigenvalue weighted by Gasteiger charge is 2.18. The molecule has 0 radical (unpaired) electrons. The van der Waals surface area contributed by atoms with Crippen molar-refractivity contribution in [2.24, 2.45) is 0 Å². The summed E-state index contributed by atoms with van der Waals surface area (Å²) in [4.78, 5) is 13.8. The number of carbonyl (C=O) groups is 1. The monoisotopic (exact) mass is 269 g/mol. The number of amides is 1. The molecule has 0 saturated carbocycles. The van der Waals surface area contributed by atoms with E-state index in [0.717, 1.165) is 6.42 Å². The van der Waals surface area contributed by atoms with Crippen molar-refractivity contribution in [1.82, 2.24) is 4.90 Å². The Morgan fingerprint density at radius 3 is 2.76 bits per heavy atom. The van der Waals surface area contributed by atoms with E-state index < -0.39 is 0 Å². The molecule has 1 rings (SSSR count). The number of hydrogen-bond acceptors (Lipinski definition) is 1. The van der Waals surface area contributed by atoms with Crippen molar-refractivity contribution >= 4 is 29.1 Å². The Morgan fingerprint density at radius 1 is 1.47 bits per heavy atom. The fraction of sp³-hybridized carbons (Fsp3) is 0.308. The van der Waals surface area contributed by atoms with E-state index in [1.165, 1.54) is 0 Å². The molecule has 1 amide bonds. The van der Waals surface area contributed by atoms with E-state index >= 15 is 0 Å². The molecule has 0 unspecified atom stereocenters. The van der Waals surface area contributed by atoms with Crippen LogP contribution in [0.1, 0.15) is 23.7 Å². The van der Waals surface area contributed by atoms with Gasteiger partial charge in [0.2, 0.25) is 0 Å². The second-order valence-electron chi connectivity index (χ2n) is 3.53. The van der Waals surface area contributed by atoms with Crippen LogP contribution < -0.4 is 0 Å². The van der Waals surface area contributed by atoms with Gasteiger partial charge in [0, 0.05) is 6.54 Å². The van der Waals surface area contributed by atoms with E-state index in [0.29, 0.717) is 17.1 Å². The number of carbonyl (C=O) groups excluding carboxylic acids is 1. The van der Waals surface area contributed by atoms with Gasteiger partial charge in [0.25, 0.3) is 5.91 Å². The summed E-state index contributed by atoms with van der Waals surface area (Å²) in [5, 5.41) is 0.645. The van der Waals surface area contributed by atoms with Crippen LogP contribution in [0.3, 0.4) is 0 Å². The maximum atomic E-state index is 12.2. The Kier molecular flexibility index (Phi) is 5.34. The molecule has 0 N–H and O–H groups in total. The van der Waals surface area contributed by atoms with Crippen LogP contribution in [-0.2, 0) is 0 Å². The van der Waals surface area contributed by atoms with Crippen LogP contribution in [0.2, 0.25) is 10.0 Å². The highest BCUT2D eigenvalue weighted by molar-refractivity contribution is 6.43. The summed E-state index contributed by atoms with van der Waals surface area (Å²) in [5.41, 5.74) is 0.392. The predicted molar refractivity (Wildman–Crippen MR) is 71.5 cm³/mol. The van der Waals surface area contributed by atoms with Crippen LogP contribution >= 0.6 is 23.2 Å². The number of rotatable bonds is 4. The van der Waals surface area contributed by atoms with Gasteiger partial charge in [0.15, 0.2) is 0 Å². The lowest BCUT2D eigenvalue weighted by molar-refractivity contribution is 0.0777. The summed E-state index contributed by atoms with van der Waals surface area (Å²) >= 11 is 11.9. The fourth-order valence-corrected chi connectivity index (χ4v) is 1.85. The maximum absolute atomic E-state index is 12.2. The van der Waals surface area contributed by atoms with Crippen molar-refractivity contribution in [2.75, 3.05) is 13.1 Å². The first-order valence-corrected chi connectivity index (χ1v) is 6.04. The minimum absolute atomic E-state index is 0.183. The minimum atomic E-state index is -0.183. The molecule has 4 heteroatoms. The fourth-order valence-electron chi connectivity index (χ4n) is 1.47.